The molecular formula is C11H15FN2. The predicted octanol–water partition coefficient (Wildman–Crippen LogP) is 1.78. The van der Waals surface area contributed by atoms with E-state index in [1.807, 2.05) is 13.0 Å². The van der Waals surface area contributed by atoms with Crippen LogP contribution < -0.4 is 11.3 Å². The summed E-state index contributed by atoms with van der Waals surface area (Å²) in [6, 6.07) is 6.49. The molecule has 0 unspecified atom stereocenters. The van der Waals surface area contributed by atoms with Gasteiger partial charge in [0.05, 0.1) is 0 Å². The van der Waals surface area contributed by atoms with Gasteiger partial charge in [-0.25, -0.2) is 4.39 Å². The van der Waals surface area contributed by atoms with Crippen molar-refractivity contribution >= 4 is 0 Å². The molecule has 1 aromatic rings. The molecule has 0 bridgehead atoms. The molecule has 0 aliphatic heterocycles. The topological polar surface area (TPSA) is 38.0 Å². The summed E-state index contributed by atoms with van der Waals surface area (Å²) < 4.78 is 12.8. The Kier molecular flexibility index (Phi) is 3.80. The normalized spacial score (nSPS) is 12.5. The van der Waals surface area contributed by atoms with Crippen molar-refractivity contribution in [3.63, 3.8) is 0 Å². The number of benzene rings is 1. The average Bonchev–Trinajstić information content (AvgIpc) is 2.14. The first kappa shape index (κ1) is 10.9. The SMILES string of the molecule is C=C(C)[C@@H](Cc1cccc(F)c1)NN. The second kappa shape index (κ2) is 4.88. The van der Waals surface area contributed by atoms with Crippen LogP contribution in [0.4, 0.5) is 4.39 Å². The molecule has 0 radical (unpaired) electrons. The lowest BCUT2D eigenvalue weighted by Gasteiger charge is -2.15. The van der Waals surface area contributed by atoms with Crippen molar-refractivity contribution in [3.05, 3.63) is 47.8 Å². The standard InChI is InChI=1S/C11H15FN2/c1-8(2)11(14-13)7-9-4-3-5-10(12)6-9/h3-6,11,14H,1,7,13H2,2H3/t11-/m1/s1. The number of nitrogens with two attached hydrogens (primary N) is 1. The first-order chi connectivity index (χ1) is 6.63. The largest absolute Gasteiger partial charge is 0.271 e. The maximum Gasteiger partial charge on any atom is 0.123 e. The lowest BCUT2D eigenvalue weighted by atomic mass is 10.0. The number of rotatable bonds is 4. The lowest BCUT2D eigenvalue weighted by molar-refractivity contribution is 0.584. The number of nitrogens with one attached hydrogen (secondary N) is 1. The maximum atomic E-state index is 12.8. The Labute approximate surface area is 83.6 Å². The molecule has 14 heavy (non-hydrogen) atoms. The van der Waals surface area contributed by atoms with Crippen molar-refractivity contribution in [2.24, 2.45) is 5.84 Å². The summed E-state index contributed by atoms with van der Waals surface area (Å²) in [5, 5.41) is 0. The highest BCUT2D eigenvalue weighted by Crippen LogP contribution is 2.09. The van der Waals surface area contributed by atoms with Gasteiger partial charge in [0.25, 0.3) is 0 Å². The van der Waals surface area contributed by atoms with E-state index in [0.717, 1.165) is 11.1 Å². The molecule has 1 aromatic carbocycles. The summed E-state index contributed by atoms with van der Waals surface area (Å²) in [5.74, 6) is 5.13. The fourth-order valence-electron chi connectivity index (χ4n) is 1.28. The average molecular weight is 194 g/mol. The van der Waals surface area contributed by atoms with E-state index in [9.17, 15) is 4.39 Å². The third-order valence-electron chi connectivity index (χ3n) is 2.12. The Morgan fingerprint density at radius 2 is 2.36 bits per heavy atom. The van der Waals surface area contributed by atoms with Crippen LogP contribution in [0.2, 0.25) is 0 Å². The molecule has 0 spiro atoms. The van der Waals surface area contributed by atoms with Crippen LogP contribution in [-0.4, -0.2) is 6.04 Å². The molecule has 1 rings (SSSR count). The molecule has 0 fully saturated rings. The van der Waals surface area contributed by atoms with E-state index in [1.165, 1.54) is 12.1 Å². The van der Waals surface area contributed by atoms with E-state index in [1.54, 1.807) is 6.07 Å². The molecule has 0 aromatic heterocycles. The van der Waals surface area contributed by atoms with Crippen molar-refractivity contribution < 1.29 is 4.39 Å². The summed E-state index contributed by atoms with van der Waals surface area (Å²) in [6.07, 6.45) is 0.656. The third kappa shape index (κ3) is 2.94. The van der Waals surface area contributed by atoms with Gasteiger partial charge in [0.15, 0.2) is 0 Å². The monoisotopic (exact) mass is 194 g/mol. The Balaban J connectivity index is 2.72. The van der Waals surface area contributed by atoms with Crippen LogP contribution in [0.1, 0.15) is 12.5 Å². The van der Waals surface area contributed by atoms with Crippen LogP contribution in [0.3, 0.4) is 0 Å². The fraction of sp³-hybridized carbons (Fsp3) is 0.273. The van der Waals surface area contributed by atoms with Gasteiger partial charge in [-0.1, -0.05) is 24.3 Å². The van der Waals surface area contributed by atoms with E-state index >= 15 is 0 Å². The number of hydrogen-bond donors (Lipinski definition) is 2. The molecular weight excluding hydrogens is 179 g/mol. The summed E-state index contributed by atoms with van der Waals surface area (Å²) in [5.41, 5.74) is 4.50. The van der Waals surface area contributed by atoms with E-state index in [4.69, 9.17) is 5.84 Å². The number of halogens is 1. The second-order valence-corrected chi connectivity index (χ2v) is 3.40. The van der Waals surface area contributed by atoms with Gasteiger partial charge in [0.2, 0.25) is 0 Å². The molecule has 0 aliphatic rings. The molecule has 0 aliphatic carbocycles. The van der Waals surface area contributed by atoms with Crippen LogP contribution in [0, 0.1) is 5.82 Å². The first-order valence-electron chi connectivity index (χ1n) is 4.49. The van der Waals surface area contributed by atoms with Crippen molar-refractivity contribution in [1.82, 2.24) is 5.43 Å². The minimum Gasteiger partial charge on any atom is -0.271 e. The van der Waals surface area contributed by atoms with Crippen LogP contribution in [0.5, 0.6) is 0 Å². The van der Waals surface area contributed by atoms with E-state index in [-0.39, 0.29) is 11.9 Å². The third-order valence-corrected chi connectivity index (χ3v) is 2.12. The molecule has 76 valence electrons. The highest BCUT2D eigenvalue weighted by atomic mass is 19.1. The number of hydrogen-bond acceptors (Lipinski definition) is 2. The van der Waals surface area contributed by atoms with E-state index in [0.29, 0.717) is 6.42 Å². The van der Waals surface area contributed by atoms with Gasteiger partial charge in [0, 0.05) is 6.04 Å². The lowest BCUT2D eigenvalue weighted by Crippen LogP contribution is -2.37. The second-order valence-electron chi connectivity index (χ2n) is 3.40. The quantitative estimate of drug-likeness (QED) is 0.435. The van der Waals surface area contributed by atoms with Gasteiger partial charge in [-0.15, -0.1) is 0 Å². The van der Waals surface area contributed by atoms with Gasteiger partial charge in [-0.3, -0.25) is 11.3 Å². The van der Waals surface area contributed by atoms with Gasteiger partial charge in [-0.2, -0.15) is 0 Å². The zero-order chi connectivity index (χ0) is 10.6. The Morgan fingerprint density at radius 1 is 1.64 bits per heavy atom. The van der Waals surface area contributed by atoms with Gasteiger partial charge >= 0.3 is 0 Å². The van der Waals surface area contributed by atoms with Gasteiger partial charge in [-0.05, 0) is 31.0 Å². The Morgan fingerprint density at radius 3 is 2.86 bits per heavy atom. The van der Waals surface area contributed by atoms with Crippen LogP contribution in [-0.2, 0) is 6.42 Å². The molecule has 1 atom stereocenters. The Hall–Kier alpha value is -1.19. The fourth-order valence-corrected chi connectivity index (χ4v) is 1.28. The van der Waals surface area contributed by atoms with Crippen molar-refractivity contribution in [1.29, 1.82) is 0 Å². The maximum absolute atomic E-state index is 12.8. The van der Waals surface area contributed by atoms with Crippen molar-refractivity contribution in [3.8, 4) is 0 Å². The van der Waals surface area contributed by atoms with Crippen LogP contribution >= 0.6 is 0 Å². The molecule has 0 heterocycles. The van der Waals surface area contributed by atoms with Crippen LogP contribution in [0.25, 0.3) is 0 Å². The highest BCUT2D eigenvalue weighted by Gasteiger charge is 2.08. The molecule has 2 nitrogen and oxygen atoms in total. The zero-order valence-electron chi connectivity index (χ0n) is 8.26. The summed E-state index contributed by atoms with van der Waals surface area (Å²) >= 11 is 0. The molecule has 0 saturated heterocycles. The molecule has 3 N–H and O–H groups in total. The molecule has 0 saturated carbocycles. The summed E-state index contributed by atoms with van der Waals surface area (Å²) in [4.78, 5) is 0. The van der Waals surface area contributed by atoms with Gasteiger partial charge < -0.3 is 0 Å². The van der Waals surface area contributed by atoms with E-state index in [2.05, 4.69) is 12.0 Å². The minimum absolute atomic E-state index is 0.00296. The van der Waals surface area contributed by atoms with Gasteiger partial charge in [0.1, 0.15) is 5.82 Å². The Bertz CT molecular complexity index is 323. The zero-order valence-corrected chi connectivity index (χ0v) is 8.26. The summed E-state index contributed by atoms with van der Waals surface area (Å²) in [7, 11) is 0. The minimum atomic E-state index is -0.222. The first-order valence-corrected chi connectivity index (χ1v) is 4.49. The predicted molar refractivity (Wildman–Crippen MR) is 56.0 cm³/mol. The number of hydrazine groups is 1. The molecule has 3 heteroatoms. The van der Waals surface area contributed by atoms with Crippen molar-refractivity contribution in [2.45, 2.75) is 19.4 Å². The highest BCUT2D eigenvalue weighted by molar-refractivity contribution is 5.20. The van der Waals surface area contributed by atoms with E-state index < -0.39 is 0 Å². The van der Waals surface area contributed by atoms with Crippen molar-refractivity contribution in [2.75, 3.05) is 0 Å². The summed E-state index contributed by atoms with van der Waals surface area (Å²) in [6.45, 7) is 5.70. The molecule has 0 amide bonds. The van der Waals surface area contributed by atoms with Crippen LogP contribution in [0.15, 0.2) is 36.4 Å². The smallest absolute Gasteiger partial charge is 0.123 e.